The third-order valence-corrected chi connectivity index (χ3v) is 15.8. The number of fused-ring (bicyclic) bond motifs is 8. The molecule has 0 radical (unpaired) electrons. The lowest BCUT2D eigenvalue weighted by Gasteiger charge is -2.28. The summed E-state index contributed by atoms with van der Waals surface area (Å²) < 4.78 is 0. The van der Waals surface area contributed by atoms with E-state index in [1.807, 2.05) is 0 Å². The van der Waals surface area contributed by atoms with Crippen LogP contribution in [-0.4, -0.2) is 0 Å². The first-order valence-corrected chi connectivity index (χ1v) is 25.9. The molecular weight excluding hydrogens is 893 g/mol. The average molecular weight is 949 g/mol. The molecule has 0 saturated heterocycles. The van der Waals surface area contributed by atoms with Gasteiger partial charge in [-0.1, -0.05) is 222 Å². The molecule has 0 heterocycles. The van der Waals surface area contributed by atoms with Crippen LogP contribution in [0.3, 0.4) is 0 Å². The van der Waals surface area contributed by atoms with Gasteiger partial charge in [-0.15, -0.1) is 0 Å². The Morgan fingerprint density at radius 3 is 0.838 bits per heavy atom. The Morgan fingerprint density at radius 2 is 0.527 bits per heavy atom. The Kier molecular flexibility index (Phi) is 10.9. The molecule has 0 aliphatic heterocycles. The lowest BCUT2D eigenvalue weighted by molar-refractivity contribution is 0.660. The molecule has 354 valence electrons. The number of nitrogens with zero attached hydrogens (tertiary/aromatic N) is 2. The van der Waals surface area contributed by atoms with Gasteiger partial charge in [-0.25, -0.2) is 0 Å². The van der Waals surface area contributed by atoms with Crippen LogP contribution in [0.5, 0.6) is 0 Å². The molecule has 2 aliphatic carbocycles. The van der Waals surface area contributed by atoms with Crippen molar-refractivity contribution in [2.24, 2.45) is 0 Å². The van der Waals surface area contributed by atoms with E-state index >= 15 is 0 Å². The van der Waals surface area contributed by atoms with Crippen molar-refractivity contribution in [1.82, 2.24) is 0 Å². The van der Waals surface area contributed by atoms with Gasteiger partial charge in [-0.2, -0.15) is 0 Å². The molecule has 0 N–H and O–H groups in total. The minimum Gasteiger partial charge on any atom is -0.310 e. The van der Waals surface area contributed by atoms with E-state index in [0.717, 1.165) is 34.1 Å². The van der Waals surface area contributed by atoms with E-state index in [0.29, 0.717) is 0 Å². The summed E-state index contributed by atoms with van der Waals surface area (Å²) in [6.07, 6.45) is 9.31. The van der Waals surface area contributed by atoms with Crippen LogP contribution in [0, 0.1) is 0 Å². The zero-order chi connectivity index (χ0) is 50.0. The maximum Gasteiger partial charge on any atom is 0.0465 e. The molecule has 0 aromatic heterocycles. The lowest BCUT2D eigenvalue weighted by atomic mass is 9.81. The highest BCUT2D eigenvalue weighted by atomic mass is 15.1. The van der Waals surface area contributed by atoms with E-state index in [4.69, 9.17) is 0 Å². The molecule has 2 nitrogen and oxygen atoms in total. The fourth-order valence-electron chi connectivity index (χ4n) is 12.1. The minimum atomic E-state index is -0.188. The number of hydrogen-bond acceptors (Lipinski definition) is 2. The van der Waals surface area contributed by atoms with Gasteiger partial charge in [-0.05, 0) is 161 Å². The van der Waals surface area contributed by atoms with Crippen molar-refractivity contribution in [2.45, 2.75) is 38.5 Å². The molecule has 11 aromatic carbocycles. The Bertz CT molecular complexity index is 3600. The Hall–Kier alpha value is -8.98. The predicted molar refractivity (Wildman–Crippen MR) is 317 cm³/mol. The average Bonchev–Trinajstić information content (AvgIpc) is 3.81. The van der Waals surface area contributed by atoms with Crippen LogP contribution in [0.15, 0.2) is 243 Å². The first kappa shape index (κ1) is 44.9. The third-order valence-electron chi connectivity index (χ3n) is 15.8. The number of hydrogen-bond donors (Lipinski definition) is 0. The Morgan fingerprint density at radius 1 is 0.257 bits per heavy atom. The van der Waals surface area contributed by atoms with E-state index < -0.39 is 0 Å². The van der Waals surface area contributed by atoms with E-state index in [1.54, 1.807) is 0 Å². The fraction of sp³-hybridized carbons (Fsp3) is 0.0833. The third kappa shape index (κ3) is 7.56. The summed E-state index contributed by atoms with van der Waals surface area (Å²) in [7, 11) is 0. The van der Waals surface area contributed by atoms with Crippen molar-refractivity contribution < 1.29 is 0 Å². The van der Waals surface area contributed by atoms with Crippen LogP contribution < -0.4 is 9.80 Å². The monoisotopic (exact) mass is 948 g/mol. The van der Waals surface area contributed by atoms with Gasteiger partial charge in [-0.3, -0.25) is 0 Å². The molecule has 0 saturated carbocycles. The highest BCUT2D eigenvalue weighted by molar-refractivity contribution is 6.14. The highest BCUT2D eigenvalue weighted by Crippen LogP contribution is 2.53. The summed E-state index contributed by atoms with van der Waals surface area (Å²) in [5.74, 6) is 0. The second kappa shape index (κ2) is 17.9. The number of rotatable bonds is 10. The van der Waals surface area contributed by atoms with E-state index in [1.165, 1.54) is 88.3 Å². The van der Waals surface area contributed by atoms with Gasteiger partial charge < -0.3 is 9.80 Å². The molecule has 0 bridgehead atoms. The molecule has 2 heteroatoms. The fourth-order valence-corrected chi connectivity index (χ4v) is 12.1. The minimum absolute atomic E-state index is 0.188. The highest BCUT2D eigenvalue weighted by Gasteiger charge is 2.37. The largest absolute Gasteiger partial charge is 0.310 e. The zero-order valence-corrected chi connectivity index (χ0v) is 42.3. The van der Waals surface area contributed by atoms with Gasteiger partial charge in [0.05, 0.1) is 0 Å². The number of para-hydroxylation sites is 4. The summed E-state index contributed by atoms with van der Waals surface area (Å²) in [6, 6.07) is 88.6. The van der Waals surface area contributed by atoms with Gasteiger partial charge in [0.15, 0.2) is 0 Å². The van der Waals surface area contributed by atoms with E-state index in [9.17, 15) is 0 Å². The van der Waals surface area contributed by atoms with Gasteiger partial charge in [0, 0.05) is 45.0 Å². The molecule has 13 rings (SSSR count). The summed E-state index contributed by atoms with van der Waals surface area (Å²) in [5.41, 5.74) is 22.0. The molecule has 0 atom stereocenters. The van der Waals surface area contributed by atoms with Crippen molar-refractivity contribution in [1.29, 1.82) is 0 Å². The molecular formula is C72H56N2. The first-order chi connectivity index (χ1) is 36.2. The molecule has 2 aliphatic rings. The number of anilines is 6. The van der Waals surface area contributed by atoms with E-state index in [2.05, 4.69) is 304 Å². The zero-order valence-electron chi connectivity index (χ0n) is 42.3. The van der Waals surface area contributed by atoms with Crippen LogP contribution in [0.25, 0.3) is 68.1 Å². The first-order valence-electron chi connectivity index (χ1n) is 25.9. The van der Waals surface area contributed by atoms with Crippen molar-refractivity contribution in [3.8, 4) is 22.3 Å². The summed E-state index contributed by atoms with van der Waals surface area (Å²) in [4.78, 5) is 4.72. The Labute approximate surface area is 435 Å². The lowest BCUT2D eigenvalue weighted by Crippen LogP contribution is -2.16. The second-order valence-electron chi connectivity index (χ2n) is 20.9. The van der Waals surface area contributed by atoms with Gasteiger partial charge in [0.25, 0.3) is 0 Å². The van der Waals surface area contributed by atoms with Crippen LogP contribution in [0.2, 0.25) is 0 Å². The molecule has 0 spiro atoms. The van der Waals surface area contributed by atoms with Crippen LogP contribution in [-0.2, 0) is 10.8 Å². The molecule has 0 fully saturated rings. The smallest absolute Gasteiger partial charge is 0.0465 e. The van der Waals surface area contributed by atoms with Crippen LogP contribution in [0.1, 0.15) is 72.2 Å². The topological polar surface area (TPSA) is 6.48 Å². The van der Waals surface area contributed by atoms with Crippen molar-refractivity contribution in [2.75, 3.05) is 9.80 Å². The van der Waals surface area contributed by atoms with Crippen molar-refractivity contribution >= 4 is 80.0 Å². The maximum absolute atomic E-state index is 2.42. The van der Waals surface area contributed by atoms with Crippen molar-refractivity contribution in [3.63, 3.8) is 0 Å². The maximum atomic E-state index is 2.42. The normalized spacial score (nSPS) is 13.8. The Balaban J connectivity index is 0.817. The quantitative estimate of drug-likeness (QED) is 0.0996. The summed E-state index contributed by atoms with van der Waals surface area (Å²) >= 11 is 0. The standard InChI is InChI=1S/C72H56N2/c1-71(2)67-45-49(35-41-63(67)65-43-37-55(47-69(65)71)73(51-21-9-5-10-22-51)52-23-11-6-12-24-52)33-39-61-57-29-17-19-31-59(57)62(60-32-20-18-30-58(60)61)40-34-50-36-42-64-66-44-38-56(48-70(66)72(3,4)68(64)46-50)74(53-25-13-7-14-26-53)54-27-15-8-16-28-54/h5-48H,1-4H3. The van der Waals surface area contributed by atoms with Crippen LogP contribution in [0.4, 0.5) is 34.1 Å². The van der Waals surface area contributed by atoms with Gasteiger partial charge >= 0.3 is 0 Å². The molecule has 74 heavy (non-hydrogen) atoms. The number of benzene rings is 11. The van der Waals surface area contributed by atoms with Crippen LogP contribution >= 0.6 is 0 Å². The van der Waals surface area contributed by atoms with Gasteiger partial charge in [0.2, 0.25) is 0 Å². The molecule has 0 amide bonds. The van der Waals surface area contributed by atoms with E-state index in [-0.39, 0.29) is 10.8 Å². The predicted octanol–water partition coefficient (Wildman–Crippen LogP) is 19.9. The second-order valence-corrected chi connectivity index (χ2v) is 20.9. The van der Waals surface area contributed by atoms with Crippen molar-refractivity contribution in [3.05, 3.63) is 287 Å². The molecule has 0 unspecified atom stereocenters. The summed E-state index contributed by atoms with van der Waals surface area (Å²) in [5, 5.41) is 4.97. The molecule has 11 aromatic rings. The van der Waals surface area contributed by atoms with Gasteiger partial charge in [0.1, 0.15) is 0 Å². The SMILES string of the molecule is CC1(C)c2cc(C=Cc3c4ccccc4c(C=Cc4ccc5c(c4)C(C)(C)c4cc(N(c6ccccc6)c6ccccc6)ccc4-5)c4ccccc34)ccc2-c2ccc(N(c3ccccc3)c3ccccc3)cc21. The summed E-state index contributed by atoms with van der Waals surface area (Å²) in [6.45, 7) is 9.51.